The first-order valence-electron chi connectivity index (χ1n) is 8.53. The molecule has 3 atom stereocenters. The Morgan fingerprint density at radius 3 is 1.79 bits per heavy atom. The SMILES string of the molecule is CS(=O)(=O)c1ccc([C@H]2O[C@@H](C(=O)O)C[C@]2(O)c2ccc(S(C)(=O)=O)cc2)cc1. The predicted octanol–water partition coefficient (Wildman–Crippen LogP) is 1.30. The Hall–Kier alpha value is -2.27. The van der Waals surface area contributed by atoms with Crippen LogP contribution in [0.15, 0.2) is 58.3 Å². The van der Waals surface area contributed by atoms with E-state index in [1.165, 1.54) is 48.5 Å². The molecule has 1 aliphatic heterocycles. The first-order valence-corrected chi connectivity index (χ1v) is 12.3. The van der Waals surface area contributed by atoms with Crippen LogP contribution in [-0.4, -0.2) is 51.6 Å². The van der Waals surface area contributed by atoms with Crippen molar-refractivity contribution in [3.8, 4) is 0 Å². The van der Waals surface area contributed by atoms with Gasteiger partial charge in [0.25, 0.3) is 0 Å². The fourth-order valence-corrected chi connectivity index (χ4v) is 4.63. The second-order valence-corrected chi connectivity index (χ2v) is 11.1. The van der Waals surface area contributed by atoms with Gasteiger partial charge in [0.15, 0.2) is 25.8 Å². The third-order valence-electron chi connectivity index (χ3n) is 4.90. The van der Waals surface area contributed by atoms with Crippen LogP contribution < -0.4 is 0 Å². The molecule has 29 heavy (non-hydrogen) atoms. The molecule has 3 rings (SSSR count). The Kier molecular flexibility index (Phi) is 5.33. The van der Waals surface area contributed by atoms with E-state index in [2.05, 4.69) is 0 Å². The molecule has 0 amide bonds. The molecule has 2 aromatic carbocycles. The van der Waals surface area contributed by atoms with Crippen LogP contribution in [0.3, 0.4) is 0 Å². The molecule has 1 fully saturated rings. The Morgan fingerprint density at radius 2 is 1.38 bits per heavy atom. The number of hydrogen-bond acceptors (Lipinski definition) is 7. The lowest BCUT2D eigenvalue weighted by Gasteiger charge is -2.29. The summed E-state index contributed by atoms with van der Waals surface area (Å²) in [6.45, 7) is 0. The minimum atomic E-state index is -3.44. The van der Waals surface area contributed by atoms with Crippen LogP contribution in [0.2, 0.25) is 0 Å². The number of ether oxygens (including phenoxy) is 1. The van der Waals surface area contributed by atoms with Gasteiger partial charge in [0.1, 0.15) is 11.7 Å². The van der Waals surface area contributed by atoms with Gasteiger partial charge in [-0.25, -0.2) is 21.6 Å². The van der Waals surface area contributed by atoms with Gasteiger partial charge in [0, 0.05) is 18.9 Å². The van der Waals surface area contributed by atoms with Crippen LogP contribution in [0.5, 0.6) is 0 Å². The van der Waals surface area contributed by atoms with Crippen LogP contribution in [0.1, 0.15) is 23.7 Å². The maximum absolute atomic E-state index is 11.7. The zero-order valence-corrected chi connectivity index (χ0v) is 17.3. The molecular weight excluding hydrogens is 420 g/mol. The van der Waals surface area contributed by atoms with E-state index in [9.17, 15) is 31.8 Å². The maximum atomic E-state index is 11.7. The second kappa shape index (κ2) is 7.21. The van der Waals surface area contributed by atoms with Crippen molar-refractivity contribution in [1.29, 1.82) is 0 Å². The summed E-state index contributed by atoms with van der Waals surface area (Å²) in [5.74, 6) is -1.24. The number of carboxylic acids is 1. The molecule has 0 radical (unpaired) electrons. The standard InChI is InChI=1S/C19H20O8S2/c1-28(23,24)14-7-3-12(4-8-14)17-19(22,11-16(27-17)18(20)21)13-5-9-15(10-6-13)29(2,25)26/h3-10,16-17,22H,11H2,1-2H3,(H,20,21)/t16-,17-,19+/m1/s1. The molecule has 1 saturated heterocycles. The lowest BCUT2D eigenvalue weighted by atomic mass is 9.83. The van der Waals surface area contributed by atoms with E-state index in [0.717, 1.165) is 12.5 Å². The highest BCUT2D eigenvalue weighted by Gasteiger charge is 2.51. The van der Waals surface area contributed by atoms with Gasteiger partial charge in [-0.05, 0) is 35.4 Å². The van der Waals surface area contributed by atoms with E-state index in [-0.39, 0.29) is 16.2 Å². The first-order chi connectivity index (χ1) is 13.3. The molecule has 0 unspecified atom stereocenters. The molecule has 1 aliphatic rings. The Labute approximate surface area is 168 Å². The van der Waals surface area contributed by atoms with E-state index < -0.39 is 43.5 Å². The van der Waals surface area contributed by atoms with Gasteiger partial charge in [-0.2, -0.15) is 0 Å². The maximum Gasteiger partial charge on any atom is 0.332 e. The molecule has 2 N–H and O–H groups in total. The minimum absolute atomic E-state index is 0.0626. The van der Waals surface area contributed by atoms with Crippen LogP contribution in [0, 0.1) is 0 Å². The molecule has 2 aromatic rings. The number of benzene rings is 2. The molecular formula is C19H20O8S2. The van der Waals surface area contributed by atoms with Crippen molar-refractivity contribution in [3.63, 3.8) is 0 Å². The second-order valence-electron chi connectivity index (χ2n) is 7.11. The van der Waals surface area contributed by atoms with Crippen molar-refractivity contribution in [3.05, 3.63) is 59.7 Å². The van der Waals surface area contributed by atoms with Gasteiger partial charge in [0.2, 0.25) is 0 Å². The van der Waals surface area contributed by atoms with E-state index in [1.54, 1.807) is 0 Å². The van der Waals surface area contributed by atoms with Crippen LogP contribution in [0.25, 0.3) is 0 Å². The molecule has 1 heterocycles. The van der Waals surface area contributed by atoms with Gasteiger partial charge >= 0.3 is 5.97 Å². The van der Waals surface area contributed by atoms with Gasteiger partial charge in [-0.15, -0.1) is 0 Å². The highest BCUT2D eigenvalue weighted by atomic mass is 32.2. The highest BCUT2D eigenvalue weighted by molar-refractivity contribution is 7.91. The van der Waals surface area contributed by atoms with Crippen LogP contribution in [-0.2, 0) is 34.8 Å². The van der Waals surface area contributed by atoms with E-state index in [4.69, 9.17) is 4.74 Å². The number of rotatable bonds is 5. The molecule has 0 spiro atoms. The predicted molar refractivity (Wildman–Crippen MR) is 103 cm³/mol. The summed E-state index contributed by atoms with van der Waals surface area (Å²) in [6.07, 6.45) is -0.495. The van der Waals surface area contributed by atoms with E-state index in [0.29, 0.717) is 11.1 Å². The van der Waals surface area contributed by atoms with Crippen molar-refractivity contribution in [2.75, 3.05) is 12.5 Å². The largest absolute Gasteiger partial charge is 0.479 e. The number of hydrogen-bond donors (Lipinski definition) is 2. The Morgan fingerprint density at radius 1 is 0.931 bits per heavy atom. The first kappa shape index (κ1) is 21.4. The summed E-state index contributed by atoms with van der Waals surface area (Å²) in [7, 11) is -6.86. The molecule has 0 bridgehead atoms. The lowest BCUT2D eigenvalue weighted by molar-refractivity contribution is -0.150. The van der Waals surface area contributed by atoms with Crippen molar-refractivity contribution in [2.24, 2.45) is 0 Å². The normalized spacial score (nSPS) is 25.1. The topological polar surface area (TPSA) is 135 Å². The van der Waals surface area contributed by atoms with Crippen molar-refractivity contribution >= 4 is 25.6 Å². The van der Waals surface area contributed by atoms with Crippen LogP contribution in [0.4, 0.5) is 0 Å². The third kappa shape index (κ3) is 4.20. The summed E-state index contributed by atoms with van der Waals surface area (Å²) >= 11 is 0. The summed E-state index contributed by atoms with van der Waals surface area (Å²) in [5, 5.41) is 20.7. The molecule has 0 aromatic heterocycles. The number of sulfone groups is 2. The summed E-state index contributed by atoms with van der Waals surface area (Å²) in [4.78, 5) is 11.6. The molecule has 0 aliphatic carbocycles. The Bertz CT molecular complexity index is 1140. The summed E-state index contributed by atoms with van der Waals surface area (Å²) < 4.78 is 52.2. The van der Waals surface area contributed by atoms with Gasteiger partial charge in [0.05, 0.1) is 9.79 Å². The Balaban J connectivity index is 2.05. The van der Waals surface area contributed by atoms with Gasteiger partial charge in [-0.3, -0.25) is 0 Å². The van der Waals surface area contributed by atoms with Crippen molar-refractivity contribution in [1.82, 2.24) is 0 Å². The number of carboxylic acid groups (broad SMARTS) is 1. The molecule has 10 heteroatoms. The van der Waals surface area contributed by atoms with E-state index in [1.807, 2.05) is 0 Å². The zero-order chi connectivity index (χ0) is 21.6. The summed E-state index contributed by atoms with van der Waals surface area (Å²) in [5.41, 5.74) is -1.05. The zero-order valence-electron chi connectivity index (χ0n) is 15.6. The van der Waals surface area contributed by atoms with Gasteiger partial charge in [-0.1, -0.05) is 24.3 Å². The number of aliphatic hydroxyl groups is 1. The molecule has 8 nitrogen and oxygen atoms in total. The van der Waals surface area contributed by atoms with E-state index >= 15 is 0 Å². The van der Waals surface area contributed by atoms with Crippen molar-refractivity contribution < 1.29 is 36.6 Å². The number of carbonyl (C=O) groups is 1. The number of aliphatic carboxylic acids is 1. The molecule has 0 saturated carbocycles. The monoisotopic (exact) mass is 440 g/mol. The fourth-order valence-electron chi connectivity index (χ4n) is 3.36. The fraction of sp³-hybridized carbons (Fsp3) is 0.316. The van der Waals surface area contributed by atoms with Gasteiger partial charge < -0.3 is 14.9 Å². The third-order valence-corrected chi connectivity index (χ3v) is 7.16. The highest BCUT2D eigenvalue weighted by Crippen LogP contribution is 2.48. The smallest absolute Gasteiger partial charge is 0.332 e. The lowest BCUT2D eigenvalue weighted by Crippen LogP contribution is -2.30. The quantitative estimate of drug-likeness (QED) is 0.710. The van der Waals surface area contributed by atoms with Crippen molar-refractivity contribution in [2.45, 2.75) is 34.0 Å². The average Bonchev–Trinajstić information content (AvgIpc) is 3.00. The summed E-state index contributed by atoms with van der Waals surface area (Å²) in [6, 6.07) is 11.1. The molecule has 156 valence electrons. The average molecular weight is 440 g/mol. The van der Waals surface area contributed by atoms with Crippen LogP contribution >= 0.6 is 0 Å². The minimum Gasteiger partial charge on any atom is -0.479 e.